The van der Waals surface area contributed by atoms with Crippen molar-refractivity contribution < 1.29 is 9.72 Å². The van der Waals surface area contributed by atoms with Crippen LogP contribution >= 0.6 is 0 Å². The van der Waals surface area contributed by atoms with Gasteiger partial charge in [0, 0.05) is 19.2 Å². The minimum absolute atomic E-state index is 0.00866. The molecule has 9 nitrogen and oxygen atoms in total. The highest BCUT2D eigenvalue weighted by molar-refractivity contribution is 5.74. The van der Waals surface area contributed by atoms with Gasteiger partial charge in [-0.05, 0) is 12.5 Å². The van der Waals surface area contributed by atoms with Crippen LogP contribution in [0.4, 0.5) is 10.5 Å². The van der Waals surface area contributed by atoms with Crippen molar-refractivity contribution in [2.24, 2.45) is 7.05 Å². The molecule has 2 rings (SSSR count). The van der Waals surface area contributed by atoms with Gasteiger partial charge >= 0.3 is 6.03 Å². The van der Waals surface area contributed by atoms with E-state index in [2.05, 4.69) is 20.7 Å². The van der Waals surface area contributed by atoms with Crippen molar-refractivity contribution in [2.75, 3.05) is 0 Å². The molecule has 0 radical (unpaired) electrons. The number of benzene rings is 1. The van der Waals surface area contributed by atoms with Gasteiger partial charge in [0.05, 0.1) is 17.5 Å². The smallest absolute Gasteiger partial charge is 0.315 e. The molecule has 2 amide bonds. The van der Waals surface area contributed by atoms with E-state index in [1.165, 1.54) is 18.5 Å². The van der Waals surface area contributed by atoms with Gasteiger partial charge in [0.15, 0.2) is 0 Å². The van der Waals surface area contributed by atoms with E-state index < -0.39 is 4.92 Å². The first kappa shape index (κ1) is 15.4. The van der Waals surface area contributed by atoms with Crippen molar-refractivity contribution in [3.8, 4) is 0 Å². The molecule has 0 aliphatic rings. The van der Waals surface area contributed by atoms with Gasteiger partial charge in [-0.1, -0.05) is 12.1 Å². The summed E-state index contributed by atoms with van der Waals surface area (Å²) in [6.45, 7) is 1.99. The summed E-state index contributed by atoms with van der Waals surface area (Å²) >= 11 is 0. The van der Waals surface area contributed by atoms with Crippen LogP contribution in [0.3, 0.4) is 0 Å². The third kappa shape index (κ3) is 3.78. The van der Waals surface area contributed by atoms with Gasteiger partial charge in [0.25, 0.3) is 5.69 Å². The fourth-order valence-electron chi connectivity index (χ4n) is 1.88. The van der Waals surface area contributed by atoms with Gasteiger partial charge in [-0.2, -0.15) is 5.10 Å². The fourth-order valence-corrected chi connectivity index (χ4v) is 1.88. The maximum absolute atomic E-state index is 11.8. The third-order valence-electron chi connectivity index (χ3n) is 3.14. The molecular weight excluding hydrogens is 288 g/mol. The maximum atomic E-state index is 11.8. The number of rotatable bonds is 5. The van der Waals surface area contributed by atoms with Crippen LogP contribution in [0.1, 0.15) is 24.4 Å². The van der Waals surface area contributed by atoms with Crippen molar-refractivity contribution in [1.82, 2.24) is 25.4 Å². The van der Waals surface area contributed by atoms with Crippen LogP contribution in [0.25, 0.3) is 0 Å². The topological polar surface area (TPSA) is 115 Å². The first-order valence-electron chi connectivity index (χ1n) is 6.59. The standard InChI is InChI=1S/C13H16N6O3/c1-9(10-4-3-5-11(6-10)19(21)22)17-13(20)14-7-12-15-8-16-18(12)2/h3-6,8-9H,7H2,1-2H3,(H2,14,17,20)/t9-/m0/s1. The van der Waals surface area contributed by atoms with E-state index in [-0.39, 0.29) is 24.3 Å². The molecule has 1 aromatic carbocycles. The van der Waals surface area contributed by atoms with E-state index in [0.29, 0.717) is 11.4 Å². The Labute approximate surface area is 126 Å². The summed E-state index contributed by atoms with van der Waals surface area (Å²) in [5, 5.41) is 20.0. The SMILES string of the molecule is C[C@H](NC(=O)NCc1ncnn1C)c1cccc([N+](=O)[O-])c1. The number of nitrogens with one attached hydrogen (secondary N) is 2. The van der Waals surface area contributed by atoms with Gasteiger partial charge < -0.3 is 10.6 Å². The molecule has 9 heteroatoms. The van der Waals surface area contributed by atoms with Crippen molar-refractivity contribution in [2.45, 2.75) is 19.5 Å². The first-order chi connectivity index (χ1) is 10.5. The summed E-state index contributed by atoms with van der Waals surface area (Å²) in [4.78, 5) is 26.1. The number of aromatic nitrogens is 3. The Balaban J connectivity index is 1.92. The Bertz CT molecular complexity index is 684. The van der Waals surface area contributed by atoms with Crippen LogP contribution in [-0.4, -0.2) is 25.7 Å². The molecule has 0 fully saturated rings. The molecule has 0 bridgehead atoms. The second-order valence-corrected chi connectivity index (χ2v) is 4.70. The normalized spacial score (nSPS) is 11.7. The van der Waals surface area contributed by atoms with E-state index in [1.54, 1.807) is 30.8 Å². The van der Waals surface area contributed by atoms with Crippen molar-refractivity contribution in [3.05, 3.63) is 52.1 Å². The Morgan fingerprint density at radius 1 is 1.50 bits per heavy atom. The number of nitro benzene ring substituents is 1. The monoisotopic (exact) mass is 304 g/mol. The summed E-state index contributed by atoms with van der Waals surface area (Å²) in [6, 6.07) is 5.41. The Morgan fingerprint density at radius 3 is 2.91 bits per heavy atom. The maximum Gasteiger partial charge on any atom is 0.315 e. The summed E-state index contributed by atoms with van der Waals surface area (Å²) in [5.41, 5.74) is 0.647. The molecule has 0 aliphatic heterocycles. The highest BCUT2D eigenvalue weighted by Crippen LogP contribution is 2.18. The number of non-ortho nitro benzene ring substituents is 1. The van der Waals surface area contributed by atoms with E-state index in [0.717, 1.165) is 0 Å². The summed E-state index contributed by atoms with van der Waals surface area (Å²) in [6.07, 6.45) is 1.40. The zero-order valence-electron chi connectivity index (χ0n) is 12.2. The molecule has 2 N–H and O–H groups in total. The van der Waals surface area contributed by atoms with Crippen LogP contribution in [0, 0.1) is 10.1 Å². The van der Waals surface area contributed by atoms with Gasteiger partial charge in [0.1, 0.15) is 12.2 Å². The zero-order chi connectivity index (χ0) is 16.1. The number of amides is 2. The lowest BCUT2D eigenvalue weighted by atomic mass is 10.1. The van der Waals surface area contributed by atoms with E-state index in [9.17, 15) is 14.9 Å². The molecule has 2 aromatic rings. The highest BCUT2D eigenvalue weighted by atomic mass is 16.6. The van der Waals surface area contributed by atoms with E-state index in [4.69, 9.17) is 0 Å². The second-order valence-electron chi connectivity index (χ2n) is 4.70. The molecule has 116 valence electrons. The number of carbonyl (C=O) groups excluding carboxylic acids is 1. The van der Waals surface area contributed by atoms with Gasteiger partial charge in [-0.25, -0.2) is 9.78 Å². The van der Waals surface area contributed by atoms with Crippen LogP contribution in [-0.2, 0) is 13.6 Å². The summed E-state index contributed by atoms with van der Waals surface area (Å²) in [7, 11) is 1.73. The summed E-state index contributed by atoms with van der Waals surface area (Å²) in [5.74, 6) is 0.623. The van der Waals surface area contributed by atoms with Crippen LogP contribution in [0.5, 0.6) is 0 Å². The van der Waals surface area contributed by atoms with Crippen molar-refractivity contribution in [3.63, 3.8) is 0 Å². The minimum Gasteiger partial charge on any atom is -0.332 e. The van der Waals surface area contributed by atoms with E-state index >= 15 is 0 Å². The van der Waals surface area contributed by atoms with Gasteiger partial charge in [0.2, 0.25) is 0 Å². The number of hydrogen-bond acceptors (Lipinski definition) is 5. The molecule has 0 aliphatic carbocycles. The predicted octanol–water partition coefficient (Wildman–Crippen LogP) is 1.28. The predicted molar refractivity (Wildman–Crippen MR) is 77.9 cm³/mol. The Hall–Kier alpha value is -2.97. The lowest BCUT2D eigenvalue weighted by Gasteiger charge is -2.14. The number of nitrogens with zero attached hydrogens (tertiary/aromatic N) is 4. The van der Waals surface area contributed by atoms with Crippen LogP contribution in [0.15, 0.2) is 30.6 Å². The van der Waals surface area contributed by atoms with Crippen molar-refractivity contribution >= 4 is 11.7 Å². The lowest BCUT2D eigenvalue weighted by Crippen LogP contribution is -2.37. The Kier molecular flexibility index (Phi) is 4.66. The molecular formula is C13H16N6O3. The summed E-state index contributed by atoms with van der Waals surface area (Å²) < 4.78 is 1.56. The number of aryl methyl sites for hydroxylation is 1. The van der Waals surface area contributed by atoms with Crippen molar-refractivity contribution in [1.29, 1.82) is 0 Å². The van der Waals surface area contributed by atoms with Gasteiger partial charge in [-0.15, -0.1) is 0 Å². The number of carbonyl (C=O) groups is 1. The molecule has 0 saturated heterocycles. The largest absolute Gasteiger partial charge is 0.332 e. The fraction of sp³-hybridized carbons (Fsp3) is 0.308. The molecule has 0 unspecified atom stereocenters. The average molecular weight is 304 g/mol. The van der Waals surface area contributed by atoms with Crippen LogP contribution < -0.4 is 10.6 Å². The molecule has 0 spiro atoms. The average Bonchev–Trinajstić information content (AvgIpc) is 2.90. The number of urea groups is 1. The molecule has 1 heterocycles. The third-order valence-corrected chi connectivity index (χ3v) is 3.14. The van der Waals surface area contributed by atoms with Crippen LogP contribution in [0.2, 0.25) is 0 Å². The van der Waals surface area contributed by atoms with Gasteiger partial charge in [-0.3, -0.25) is 14.8 Å². The zero-order valence-corrected chi connectivity index (χ0v) is 12.2. The molecule has 22 heavy (non-hydrogen) atoms. The second kappa shape index (κ2) is 6.66. The first-order valence-corrected chi connectivity index (χ1v) is 6.59. The molecule has 1 aromatic heterocycles. The highest BCUT2D eigenvalue weighted by Gasteiger charge is 2.13. The van der Waals surface area contributed by atoms with E-state index in [1.807, 2.05) is 0 Å². The minimum atomic E-state index is -0.468. The number of hydrogen-bond donors (Lipinski definition) is 2. The molecule has 0 saturated carbocycles. The Morgan fingerprint density at radius 2 is 2.27 bits per heavy atom. The lowest BCUT2D eigenvalue weighted by molar-refractivity contribution is -0.384. The quantitative estimate of drug-likeness (QED) is 0.638. The number of nitro groups is 1. The molecule has 1 atom stereocenters.